The molecule has 3 aromatic heterocycles. The minimum absolute atomic E-state index is 0.254. The van der Waals surface area contributed by atoms with Crippen LogP contribution in [0.5, 0.6) is 0 Å². The van der Waals surface area contributed by atoms with E-state index >= 15 is 0 Å². The molecule has 0 saturated heterocycles. The highest BCUT2D eigenvalue weighted by Gasteiger charge is 2.16. The molecule has 3 heterocycles. The molecule has 0 radical (unpaired) electrons. The summed E-state index contributed by atoms with van der Waals surface area (Å²) in [6, 6.07) is 0.254. The van der Waals surface area contributed by atoms with Crippen molar-refractivity contribution in [3.8, 4) is 0 Å². The molecule has 1 N–H and O–H groups in total. The van der Waals surface area contributed by atoms with E-state index < -0.39 is 0 Å². The SMILES string of the molecule is CCCNC(Cc1cn2ccsc2n1)c1cnns1. The minimum atomic E-state index is 0.254. The van der Waals surface area contributed by atoms with E-state index in [4.69, 9.17) is 0 Å². The molecular weight excluding hydrogens is 278 g/mol. The van der Waals surface area contributed by atoms with Crippen LogP contribution in [0.3, 0.4) is 0 Å². The molecule has 0 amide bonds. The lowest BCUT2D eigenvalue weighted by atomic mass is 10.1. The zero-order valence-corrected chi connectivity index (χ0v) is 12.2. The molecule has 3 rings (SSSR count). The second-order valence-electron chi connectivity index (χ2n) is 4.36. The molecule has 0 saturated carbocycles. The Morgan fingerprint density at radius 1 is 1.47 bits per heavy atom. The van der Waals surface area contributed by atoms with Crippen LogP contribution < -0.4 is 5.32 Å². The molecule has 0 bridgehead atoms. The summed E-state index contributed by atoms with van der Waals surface area (Å²) in [6.45, 7) is 3.16. The van der Waals surface area contributed by atoms with Gasteiger partial charge in [-0.15, -0.1) is 16.4 Å². The molecule has 7 heteroatoms. The van der Waals surface area contributed by atoms with Crippen LogP contribution in [0.25, 0.3) is 4.96 Å². The van der Waals surface area contributed by atoms with Gasteiger partial charge in [-0.25, -0.2) is 4.98 Å². The van der Waals surface area contributed by atoms with E-state index in [2.05, 4.69) is 37.4 Å². The zero-order valence-electron chi connectivity index (χ0n) is 10.6. The van der Waals surface area contributed by atoms with Gasteiger partial charge in [0.1, 0.15) is 0 Å². The van der Waals surface area contributed by atoms with E-state index in [1.807, 2.05) is 17.8 Å². The molecule has 5 nitrogen and oxygen atoms in total. The Morgan fingerprint density at radius 2 is 2.42 bits per heavy atom. The van der Waals surface area contributed by atoms with Gasteiger partial charge in [-0.2, -0.15) is 0 Å². The number of thiazole rings is 1. The summed E-state index contributed by atoms with van der Waals surface area (Å²) in [5.74, 6) is 0. The zero-order chi connectivity index (χ0) is 13.1. The molecule has 0 aliphatic carbocycles. The highest BCUT2D eigenvalue weighted by molar-refractivity contribution is 7.15. The van der Waals surface area contributed by atoms with Gasteiger partial charge >= 0.3 is 0 Å². The fourth-order valence-electron chi connectivity index (χ4n) is 2.00. The van der Waals surface area contributed by atoms with Crippen LogP contribution in [-0.2, 0) is 6.42 Å². The van der Waals surface area contributed by atoms with Gasteiger partial charge in [-0.1, -0.05) is 11.4 Å². The Bertz CT molecular complexity index is 599. The maximum Gasteiger partial charge on any atom is 0.193 e. The van der Waals surface area contributed by atoms with Crippen molar-refractivity contribution in [3.05, 3.63) is 34.5 Å². The first kappa shape index (κ1) is 12.7. The van der Waals surface area contributed by atoms with Crippen molar-refractivity contribution in [2.75, 3.05) is 6.54 Å². The normalized spacial score (nSPS) is 13.1. The maximum atomic E-state index is 4.64. The van der Waals surface area contributed by atoms with Crippen molar-refractivity contribution in [1.82, 2.24) is 24.3 Å². The van der Waals surface area contributed by atoms with E-state index in [1.165, 1.54) is 16.4 Å². The van der Waals surface area contributed by atoms with Crippen molar-refractivity contribution in [3.63, 3.8) is 0 Å². The Morgan fingerprint density at radius 3 is 3.16 bits per heavy atom. The topological polar surface area (TPSA) is 55.1 Å². The van der Waals surface area contributed by atoms with Gasteiger partial charge < -0.3 is 5.32 Å². The number of nitrogens with zero attached hydrogens (tertiary/aromatic N) is 4. The third-order valence-electron chi connectivity index (χ3n) is 2.92. The van der Waals surface area contributed by atoms with Gasteiger partial charge in [0.15, 0.2) is 4.96 Å². The molecule has 3 aromatic rings. The van der Waals surface area contributed by atoms with Gasteiger partial charge in [0.25, 0.3) is 0 Å². The van der Waals surface area contributed by atoms with Gasteiger partial charge in [0.2, 0.25) is 0 Å². The van der Waals surface area contributed by atoms with E-state index in [9.17, 15) is 0 Å². The summed E-state index contributed by atoms with van der Waals surface area (Å²) in [7, 11) is 0. The molecule has 0 aliphatic rings. The molecule has 1 unspecified atom stereocenters. The molecule has 0 aromatic carbocycles. The van der Waals surface area contributed by atoms with Gasteiger partial charge in [-0.3, -0.25) is 4.40 Å². The van der Waals surface area contributed by atoms with Gasteiger partial charge in [0, 0.05) is 24.2 Å². The lowest BCUT2D eigenvalue weighted by molar-refractivity contribution is 0.532. The van der Waals surface area contributed by atoms with Crippen molar-refractivity contribution in [1.29, 1.82) is 0 Å². The Labute approximate surface area is 119 Å². The standard InChI is InChI=1S/C12H15N5S2/c1-2-3-13-10(11-7-14-16-19-11)6-9-8-17-4-5-18-12(17)15-9/h4-5,7-8,10,13H,2-3,6H2,1H3. The number of fused-ring (bicyclic) bond motifs is 1. The summed E-state index contributed by atoms with van der Waals surface area (Å²) in [4.78, 5) is 6.85. The second-order valence-corrected chi connectivity index (χ2v) is 6.05. The molecule has 1 atom stereocenters. The van der Waals surface area contributed by atoms with Crippen LogP contribution in [0.4, 0.5) is 0 Å². The summed E-state index contributed by atoms with van der Waals surface area (Å²) in [6.07, 6.45) is 7.97. The molecule has 0 fully saturated rings. The predicted octanol–water partition coefficient (Wildman–Crippen LogP) is 2.53. The van der Waals surface area contributed by atoms with Crippen molar-refractivity contribution < 1.29 is 0 Å². The maximum absolute atomic E-state index is 4.64. The number of hydrogen-bond acceptors (Lipinski definition) is 6. The third-order valence-corrected chi connectivity index (χ3v) is 4.47. The van der Waals surface area contributed by atoms with E-state index in [-0.39, 0.29) is 6.04 Å². The van der Waals surface area contributed by atoms with Crippen molar-refractivity contribution in [2.45, 2.75) is 25.8 Å². The van der Waals surface area contributed by atoms with E-state index in [1.54, 1.807) is 11.3 Å². The number of imidazole rings is 1. The van der Waals surface area contributed by atoms with Crippen molar-refractivity contribution >= 4 is 27.8 Å². The number of aromatic nitrogens is 4. The highest BCUT2D eigenvalue weighted by atomic mass is 32.1. The van der Waals surface area contributed by atoms with Crippen LogP contribution in [0, 0.1) is 0 Å². The largest absolute Gasteiger partial charge is 0.309 e. The quantitative estimate of drug-likeness (QED) is 0.759. The number of rotatable bonds is 6. The number of nitrogens with one attached hydrogen (secondary N) is 1. The molecule has 0 spiro atoms. The van der Waals surface area contributed by atoms with Gasteiger partial charge in [-0.05, 0) is 24.5 Å². The van der Waals surface area contributed by atoms with E-state index in [0.29, 0.717) is 0 Å². The molecule has 0 aliphatic heterocycles. The van der Waals surface area contributed by atoms with Crippen LogP contribution >= 0.6 is 22.9 Å². The average molecular weight is 293 g/mol. The molecular formula is C12H15N5S2. The van der Waals surface area contributed by atoms with Crippen LogP contribution in [-0.4, -0.2) is 25.5 Å². The summed E-state index contributed by atoms with van der Waals surface area (Å²) < 4.78 is 6.02. The third kappa shape index (κ3) is 2.83. The predicted molar refractivity (Wildman–Crippen MR) is 77.7 cm³/mol. The van der Waals surface area contributed by atoms with Crippen LogP contribution in [0.15, 0.2) is 24.0 Å². The molecule has 100 valence electrons. The minimum Gasteiger partial charge on any atom is -0.309 e. The first-order valence-corrected chi connectivity index (χ1v) is 7.94. The summed E-state index contributed by atoms with van der Waals surface area (Å²) in [5, 5.41) is 9.52. The number of hydrogen-bond donors (Lipinski definition) is 1. The smallest absolute Gasteiger partial charge is 0.193 e. The lowest BCUT2D eigenvalue weighted by Crippen LogP contribution is -2.23. The summed E-state index contributed by atoms with van der Waals surface area (Å²) >= 11 is 3.11. The Kier molecular flexibility index (Phi) is 3.86. The van der Waals surface area contributed by atoms with E-state index in [0.717, 1.165) is 30.0 Å². The van der Waals surface area contributed by atoms with Crippen molar-refractivity contribution in [2.24, 2.45) is 0 Å². The summed E-state index contributed by atoms with van der Waals surface area (Å²) in [5.41, 5.74) is 1.11. The monoisotopic (exact) mass is 293 g/mol. The Hall–Kier alpha value is -1.31. The van der Waals surface area contributed by atoms with Gasteiger partial charge in [0.05, 0.1) is 22.8 Å². The second kappa shape index (κ2) is 5.77. The fourth-order valence-corrected chi connectivity index (χ4v) is 3.30. The van der Waals surface area contributed by atoms with Crippen LogP contribution in [0.1, 0.15) is 30.0 Å². The van der Waals surface area contributed by atoms with Crippen LogP contribution in [0.2, 0.25) is 0 Å². The Balaban J connectivity index is 1.78. The highest BCUT2D eigenvalue weighted by Crippen LogP contribution is 2.21. The fraction of sp³-hybridized carbons (Fsp3) is 0.417. The lowest BCUT2D eigenvalue weighted by Gasteiger charge is -2.14. The first-order chi connectivity index (χ1) is 9.36. The average Bonchev–Trinajstić information content (AvgIpc) is 3.09. The molecule has 19 heavy (non-hydrogen) atoms. The first-order valence-electron chi connectivity index (χ1n) is 6.28.